The lowest BCUT2D eigenvalue weighted by atomic mass is 10.1. The standard InChI is InChI=1S/C15H20N4O2/c1-17(2)7-12-8-18-5-4-16-14(18)10-19(9-12)15(20)13-3-6-21-11-13/h3-6,11-12H,7-10H2,1-2H3. The predicted molar refractivity (Wildman–Crippen MR) is 77.7 cm³/mol. The fourth-order valence-corrected chi connectivity index (χ4v) is 2.90. The molecule has 2 aromatic rings. The second kappa shape index (κ2) is 5.73. The minimum Gasteiger partial charge on any atom is -0.472 e. The van der Waals surface area contributed by atoms with Crippen LogP contribution < -0.4 is 0 Å². The van der Waals surface area contributed by atoms with Gasteiger partial charge in [0.25, 0.3) is 5.91 Å². The average Bonchev–Trinajstić information content (AvgIpc) is 3.06. The number of furan rings is 1. The number of fused-ring (bicyclic) bond motifs is 1. The summed E-state index contributed by atoms with van der Waals surface area (Å²) in [6, 6.07) is 1.71. The van der Waals surface area contributed by atoms with E-state index in [1.807, 2.05) is 11.1 Å². The lowest BCUT2D eigenvalue weighted by molar-refractivity contribution is 0.0709. The number of nitrogens with zero attached hydrogens (tertiary/aromatic N) is 4. The highest BCUT2D eigenvalue weighted by atomic mass is 16.3. The van der Waals surface area contributed by atoms with Crippen LogP contribution in [0.2, 0.25) is 0 Å². The third kappa shape index (κ3) is 3.00. The number of carbonyl (C=O) groups is 1. The Bertz CT molecular complexity index is 603. The van der Waals surface area contributed by atoms with Gasteiger partial charge < -0.3 is 18.8 Å². The summed E-state index contributed by atoms with van der Waals surface area (Å²) in [5, 5.41) is 0. The van der Waals surface area contributed by atoms with Crippen molar-refractivity contribution in [3.05, 3.63) is 42.4 Å². The third-order valence-corrected chi connectivity index (χ3v) is 3.75. The van der Waals surface area contributed by atoms with Crippen molar-refractivity contribution in [2.24, 2.45) is 5.92 Å². The Labute approximate surface area is 124 Å². The van der Waals surface area contributed by atoms with Crippen LogP contribution in [0.1, 0.15) is 16.2 Å². The quantitative estimate of drug-likeness (QED) is 0.854. The molecule has 0 fully saturated rings. The number of amides is 1. The first kappa shape index (κ1) is 13.9. The Morgan fingerprint density at radius 2 is 2.33 bits per heavy atom. The van der Waals surface area contributed by atoms with Crippen molar-refractivity contribution in [2.75, 3.05) is 27.2 Å². The molecule has 21 heavy (non-hydrogen) atoms. The molecule has 112 valence electrons. The maximum Gasteiger partial charge on any atom is 0.257 e. The number of hydrogen-bond donors (Lipinski definition) is 0. The van der Waals surface area contributed by atoms with Crippen LogP contribution in [-0.4, -0.2) is 52.4 Å². The number of hydrogen-bond acceptors (Lipinski definition) is 4. The van der Waals surface area contributed by atoms with Crippen molar-refractivity contribution in [1.29, 1.82) is 0 Å². The maximum absolute atomic E-state index is 12.6. The Hall–Kier alpha value is -2.08. The lowest BCUT2D eigenvalue weighted by Crippen LogP contribution is -2.37. The maximum atomic E-state index is 12.6. The van der Waals surface area contributed by atoms with E-state index in [9.17, 15) is 4.79 Å². The molecule has 0 aromatic carbocycles. The van der Waals surface area contributed by atoms with Gasteiger partial charge in [0.15, 0.2) is 0 Å². The van der Waals surface area contributed by atoms with Crippen molar-refractivity contribution >= 4 is 5.91 Å². The minimum atomic E-state index is 0.00366. The van der Waals surface area contributed by atoms with Gasteiger partial charge in [0.1, 0.15) is 12.1 Å². The highest BCUT2D eigenvalue weighted by Crippen LogP contribution is 2.18. The van der Waals surface area contributed by atoms with Gasteiger partial charge in [-0.05, 0) is 20.2 Å². The summed E-state index contributed by atoms with van der Waals surface area (Å²) in [4.78, 5) is 21.0. The molecule has 2 aromatic heterocycles. The summed E-state index contributed by atoms with van der Waals surface area (Å²) in [6.45, 7) is 3.10. The van der Waals surface area contributed by atoms with E-state index in [0.717, 1.165) is 25.5 Å². The van der Waals surface area contributed by atoms with Crippen molar-refractivity contribution in [2.45, 2.75) is 13.1 Å². The zero-order chi connectivity index (χ0) is 14.8. The Balaban J connectivity index is 1.84. The molecule has 1 atom stereocenters. The molecule has 0 spiro atoms. The Morgan fingerprint density at radius 1 is 1.48 bits per heavy atom. The summed E-state index contributed by atoms with van der Waals surface area (Å²) in [5.74, 6) is 1.32. The summed E-state index contributed by atoms with van der Waals surface area (Å²) in [7, 11) is 4.11. The summed E-state index contributed by atoms with van der Waals surface area (Å²) < 4.78 is 7.18. The molecular formula is C15H20N4O2. The van der Waals surface area contributed by atoms with Crippen LogP contribution in [0.3, 0.4) is 0 Å². The van der Waals surface area contributed by atoms with Gasteiger partial charge in [0, 0.05) is 37.9 Å². The SMILES string of the molecule is CN(C)CC1CN(C(=O)c2ccoc2)Cc2nccn2C1. The fourth-order valence-electron chi connectivity index (χ4n) is 2.90. The normalized spacial score (nSPS) is 18.6. The van der Waals surface area contributed by atoms with Crippen LogP contribution in [0, 0.1) is 5.92 Å². The fraction of sp³-hybridized carbons (Fsp3) is 0.467. The van der Waals surface area contributed by atoms with Gasteiger partial charge in [-0.1, -0.05) is 0 Å². The van der Waals surface area contributed by atoms with Gasteiger partial charge in [-0.25, -0.2) is 4.98 Å². The second-order valence-electron chi connectivity index (χ2n) is 5.82. The molecule has 1 aliphatic rings. The molecule has 3 heterocycles. The van der Waals surface area contributed by atoms with Crippen molar-refractivity contribution in [3.8, 4) is 0 Å². The predicted octanol–water partition coefficient (Wildman–Crippen LogP) is 1.31. The van der Waals surface area contributed by atoms with E-state index in [4.69, 9.17) is 4.42 Å². The van der Waals surface area contributed by atoms with E-state index in [-0.39, 0.29) is 5.91 Å². The number of aromatic nitrogens is 2. The van der Waals surface area contributed by atoms with E-state index in [1.165, 1.54) is 12.5 Å². The summed E-state index contributed by atoms with van der Waals surface area (Å²) >= 11 is 0. The molecule has 1 amide bonds. The number of carbonyl (C=O) groups excluding carboxylic acids is 1. The molecule has 0 bridgehead atoms. The highest BCUT2D eigenvalue weighted by Gasteiger charge is 2.27. The average molecular weight is 288 g/mol. The van der Waals surface area contributed by atoms with E-state index in [1.54, 1.807) is 12.3 Å². The first-order valence-corrected chi connectivity index (χ1v) is 7.09. The van der Waals surface area contributed by atoms with E-state index in [2.05, 4.69) is 28.5 Å². The van der Waals surface area contributed by atoms with Crippen molar-refractivity contribution in [1.82, 2.24) is 19.4 Å². The summed E-state index contributed by atoms with van der Waals surface area (Å²) in [6.07, 6.45) is 6.82. The van der Waals surface area contributed by atoms with Crippen molar-refractivity contribution in [3.63, 3.8) is 0 Å². The molecular weight excluding hydrogens is 268 g/mol. The van der Waals surface area contributed by atoms with E-state index in [0.29, 0.717) is 18.0 Å². The molecule has 0 radical (unpaired) electrons. The molecule has 3 rings (SSSR count). The second-order valence-corrected chi connectivity index (χ2v) is 5.82. The van der Waals surface area contributed by atoms with Crippen LogP contribution in [-0.2, 0) is 13.1 Å². The largest absolute Gasteiger partial charge is 0.472 e. The van der Waals surface area contributed by atoms with Gasteiger partial charge in [0.05, 0.1) is 18.4 Å². The zero-order valence-corrected chi connectivity index (χ0v) is 12.4. The van der Waals surface area contributed by atoms with E-state index < -0.39 is 0 Å². The van der Waals surface area contributed by atoms with Gasteiger partial charge in [0.2, 0.25) is 0 Å². The van der Waals surface area contributed by atoms with Crippen LogP contribution in [0.15, 0.2) is 35.4 Å². The van der Waals surface area contributed by atoms with Gasteiger partial charge >= 0.3 is 0 Å². The molecule has 1 unspecified atom stereocenters. The van der Waals surface area contributed by atoms with Crippen molar-refractivity contribution < 1.29 is 9.21 Å². The van der Waals surface area contributed by atoms with E-state index >= 15 is 0 Å². The minimum absolute atomic E-state index is 0.00366. The number of rotatable bonds is 3. The van der Waals surface area contributed by atoms with Gasteiger partial charge in [-0.2, -0.15) is 0 Å². The molecule has 0 aliphatic carbocycles. The molecule has 6 heteroatoms. The molecule has 6 nitrogen and oxygen atoms in total. The Kier molecular flexibility index (Phi) is 3.79. The van der Waals surface area contributed by atoms with Crippen LogP contribution in [0.4, 0.5) is 0 Å². The molecule has 0 N–H and O–H groups in total. The van der Waals surface area contributed by atoms with Gasteiger partial charge in [-0.3, -0.25) is 4.79 Å². The van der Waals surface area contributed by atoms with Gasteiger partial charge in [-0.15, -0.1) is 0 Å². The van der Waals surface area contributed by atoms with Crippen LogP contribution in [0.25, 0.3) is 0 Å². The van der Waals surface area contributed by atoms with Crippen LogP contribution in [0.5, 0.6) is 0 Å². The topological polar surface area (TPSA) is 54.5 Å². The monoisotopic (exact) mass is 288 g/mol. The smallest absolute Gasteiger partial charge is 0.257 e. The number of imidazole rings is 1. The third-order valence-electron chi connectivity index (χ3n) is 3.75. The Morgan fingerprint density at radius 3 is 3.05 bits per heavy atom. The molecule has 1 aliphatic heterocycles. The van der Waals surface area contributed by atoms with Crippen LogP contribution >= 0.6 is 0 Å². The first-order chi connectivity index (χ1) is 10.1. The summed E-state index contributed by atoms with van der Waals surface area (Å²) in [5.41, 5.74) is 0.596. The zero-order valence-electron chi connectivity index (χ0n) is 12.4. The molecule has 0 saturated carbocycles. The lowest BCUT2D eigenvalue weighted by Gasteiger charge is -2.25. The highest BCUT2D eigenvalue weighted by molar-refractivity contribution is 5.93. The first-order valence-electron chi connectivity index (χ1n) is 7.09. The molecule has 0 saturated heterocycles.